The Morgan fingerprint density at radius 2 is 2.00 bits per heavy atom. The van der Waals surface area contributed by atoms with Gasteiger partial charge in [0, 0.05) is 22.1 Å². The average Bonchev–Trinajstić information content (AvgIpc) is 2.35. The zero-order valence-electron chi connectivity index (χ0n) is 11.7. The van der Waals surface area contributed by atoms with Crippen LogP contribution < -0.4 is 10.5 Å². The second kappa shape index (κ2) is 4.53. The lowest BCUT2D eigenvalue weighted by atomic mass is 9.89. The third kappa shape index (κ3) is 2.38. The van der Waals surface area contributed by atoms with Crippen LogP contribution in [-0.2, 0) is 5.41 Å². The van der Waals surface area contributed by atoms with Crippen molar-refractivity contribution in [2.24, 2.45) is 5.73 Å². The summed E-state index contributed by atoms with van der Waals surface area (Å²) in [5.74, 6) is 0.747. The Balaban J connectivity index is 2.88. The molecule has 0 saturated carbocycles. The molecule has 0 saturated heterocycles. The van der Waals surface area contributed by atoms with Crippen molar-refractivity contribution in [1.82, 2.24) is 4.98 Å². The number of hydrogen-bond acceptors (Lipinski definition) is 3. The fourth-order valence-electron chi connectivity index (χ4n) is 1.99. The van der Waals surface area contributed by atoms with Crippen LogP contribution in [0.25, 0.3) is 10.9 Å². The highest BCUT2D eigenvalue weighted by Crippen LogP contribution is 2.30. The number of ether oxygens (including phenoxy) is 1. The Labute approximate surface area is 113 Å². The molecular weight excluding hydrogens is 238 g/mol. The number of pyridine rings is 1. The molecule has 1 aromatic heterocycles. The first-order valence-corrected chi connectivity index (χ1v) is 6.17. The number of nitrogen functional groups attached to an aromatic ring is 1. The minimum Gasteiger partial charge on any atom is -0.494 e. The van der Waals surface area contributed by atoms with Crippen molar-refractivity contribution in [3.05, 3.63) is 35.5 Å². The van der Waals surface area contributed by atoms with Crippen molar-refractivity contribution in [1.29, 1.82) is 5.41 Å². The molecule has 100 valence electrons. The van der Waals surface area contributed by atoms with Crippen LogP contribution >= 0.6 is 0 Å². The van der Waals surface area contributed by atoms with Gasteiger partial charge in [-0.2, -0.15) is 0 Å². The molecule has 2 rings (SSSR count). The fourth-order valence-corrected chi connectivity index (χ4v) is 1.99. The summed E-state index contributed by atoms with van der Waals surface area (Å²) in [7, 11) is 1.62. The molecule has 0 aliphatic rings. The van der Waals surface area contributed by atoms with E-state index in [1.165, 1.54) is 0 Å². The maximum Gasteiger partial charge on any atom is 0.145 e. The van der Waals surface area contributed by atoms with E-state index in [0.717, 1.165) is 16.6 Å². The van der Waals surface area contributed by atoms with Crippen LogP contribution in [0.15, 0.2) is 24.3 Å². The van der Waals surface area contributed by atoms with E-state index in [4.69, 9.17) is 15.9 Å². The van der Waals surface area contributed by atoms with Gasteiger partial charge in [0.2, 0.25) is 0 Å². The molecule has 19 heavy (non-hydrogen) atoms. The van der Waals surface area contributed by atoms with Gasteiger partial charge < -0.3 is 10.5 Å². The quantitative estimate of drug-likeness (QED) is 0.642. The highest BCUT2D eigenvalue weighted by Gasteiger charge is 2.20. The van der Waals surface area contributed by atoms with E-state index in [2.05, 4.69) is 25.8 Å². The van der Waals surface area contributed by atoms with Crippen LogP contribution in [0.3, 0.4) is 0 Å². The highest BCUT2D eigenvalue weighted by atomic mass is 16.5. The van der Waals surface area contributed by atoms with E-state index in [-0.39, 0.29) is 11.3 Å². The smallest absolute Gasteiger partial charge is 0.145 e. The van der Waals surface area contributed by atoms with E-state index in [0.29, 0.717) is 11.3 Å². The highest BCUT2D eigenvalue weighted by molar-refractivity contribution is 6.07. The lowest BCUT2D eigenvalue weighted by Crippen LogP contribution is -2.18. The molecule has 4 nitrogen and oxygen atoms in total. The number of hydrogen-bond donors (Lipinski definition) is 2. The van der Waals surface area contributed by atoms with Gasteiger partial charge in [-0.25, -0.2) is 4.98 Å². The van der Waals surface area contributed by atoms with Crippen molar-refractivity contribution < 1.29 is 4.74 Å². The van der Waals surface area contributed by atoms with Crippen LogP contribution in [-0.4, -0.2) is 17.9 Å². The number of aromatic nitrogens is 1. The van der Waals surface area contributed by atoms with Gasteiger partial charge in [-0.3, -0.25) is 5.41 Å². The molecule has 0 aliphatic carbocycles. The van der Waals surface area contributed by atoms with E-state index in [1.54, 1.807) is 7.11 Å². The molecule has 0 amide bonds. The van der Waals surface area contributed by atoms with Crippen molar-refractivity contribution in [2.45, 2.75) is 26.2 Å². The van der Waals surface area contributed by atoms with Crippen LogP contribution in [0.2, 0.25) is 0 Å². The number of nitrogens with one attached hydrogen (secondary N) is 1. The normalized spacial score (nSPS) is 11.6. The monoisotopic (exact) mass is 257 g/mol. The van der Waals surface area contributed by atoms with Crippen LogP contribution in [0.4, 0.5) is 0 Å². The van der Waals surface area contributed by atoms with Gasteiger partial charge in [-0.05, 0) is 12.1 Å². The SMILES string of the molecule is COc1cccc2c(C(=N)N)cc(C(C)(C)C)nc12. The molecule has 1 heterocycles. The van der Waals surface area contributed by atoms with E-state index >= 15 is 0 Å². The first kappa shape index (κ1) is 13.3. The second-order valence-electron chi connectivity index (χ2n) is 5.58. The number of methoxy groups -OCH3 is 1. The summed E-state index contributed by atoms with van der Waals surface area (Å²) in [6, 6.07) is 7.55. The Kier molecular flexibility index (Phi) is 3.18. The zero-order chi connectivity index (χ0) is 14.2. The third-order valence-corrected chi connectivity index (χ3v) is 3.08. The number of benzene rings is 1. The largest absolute Gasteiger partial charge is 0.494 e. The maximum atomic E-state index is 7.76. The summed E-state index contributed by atoms with van der Waals surface area (Å²) < 4.78 is 5.36. The minimum absolute atomic E-state index is 0.0474. The molecular formula is C15H19N3O. The molecule has 0 unspecified atom stereocenters. The molecule has 4 heteroatoms. The molecule has 0 spiro atoms. The van der Waals surface area contributed by atoms with E-state index in [1.807, 2.05) is 24.3 Å². The van der Waals surface area contributed by atoms with E-state index in [9.17, 15) is 0 Å². The molecule has 2 aromatic rings. The molecule has 0 bridgehead atoms. The second-order valence-corrected chi connectivity index (χ2v) is 5.58. The summed E-state index contributed by atoms with van der Waals surface area (Å²) >= 11 is 0. The van der Waals surface area contributed by atoms with Crippen LogP contribution in [0.5, 0.6) is 5.75 Å². The zero-order valence-corrected chi connectivity index (χ0v) is 11.7. The van der Waals surface area contributed by atoms with Gasteiger partial charge in [-0.15, -0.1) is 0 Å². The Morgan fingerprint density at radius 3 is 2.53 bits per heavy atom. The van der Waals surface area contributed by atoms with Crippen molar-refractivity contribution in [3.63, 3.8) is 0 Å². The van der Waals surface area contributed by atoms with Crippen LogP contribution in [0, 0.1) is 5.41 Å². The standard InChI is InChI=1S/C15H19N3O/c1-15(2,3)12-8-10(14(16)17)9-6-5-7-11(19-4)13(9)18-12/h5-8H,1-4H3,(H3,16,17). The summed E-state index contributed by atoms with van der Waals surface area (Å²) in [4.78, 5) is 4.68. The van der Waals surface area contributed by atoms with Gasteiger partial charge in [0.1, 0.15) is 17.1 Å². The Hall–Kier alpha value is -2.10. The number of nitrogens with two attached hydrogens (primary N) is 1. The number of nitrogens with zero attached hydrogens (tertiary/aromatic N) is 1. The topological polar surface area (TPSA) is 72.0 Å². The number of amidine groups is 1. The summed E-state index contributed by atoms with van der Waals surface area (Å²) in [6.45, 7) is 6.25. The van der Waals surface area contributed by atoms with Crippen LogP contribution in [0.1, 0.15) is 32.0 Å². The molecule has 0 fully saturated rings. The number of fused-ring (bicyclic) bond motifs is 1. The van der Waals surface area contributed by atoms with Crippen molar-refractivity contribution >= 4 is 16.7 Å². The fraction of sp³-hybridized carbons (Fsp3) is 0.333. The van der Waals surface area contributed by atoms with Gasteiger partial charge in [-0.1, -0.05) is 32.9 Å². The maximum absolute atomic E-state index is 7.76. The van der Waals surface area contributed by atoms with Gasteiger partial charge in [0.25, 0.3) is 0 Å². The van der Waals surface area contributed by atoms with Gasteiger partial charge in [0.15, 0.2) is 0 Å². The molecule has 3 N–H and O–H groups in total. The lowest BCUT2D eigenvalue weighted by Gasteiger charge is -2.20. The van der Waals surface area contributed by atoms with Crippen molar-refractivity contribution in [3.8, 4) is 5.75 Å². The predicted octanol–water partition coefficient (Wildman–Crippen LogP) is 2.82. The molecule has 0 aliphatic heterocycles. The number of rotatable bonds is 2. The number of para-hydroxylation sites is 1. The first-order chi connectivity index (χ1) is 8.84. The predicted molar refractivity (Wildman–Crippen MR) is 78.0 cm³/mol. The first-order valence-electron chi connectivity index (χ1n) is 6.17. The van der Waals surface area contributed by atoms with E-state index < -0.39 is 0 Å². The van der Waals surface area contributed by atoms with Gasteiger partial charge in [0.05, 0.1) is 7.11 Å². The average molecular weight is 257 g/mol. The molecule has 0 atom stereocenters. The van der Waals surface area contributed by atoms with Gasteiger partial charge >= 0.3 is 0 Å². The Morgan fingerprint density at radius 1 is 1.32 bits per heavy atom. The summed E-state index contributed by atoms with van der Waals surface area (Å²) in [5, 5.41) is 8.60. The molecule has 0 radical (unpaired) electrons. The van der Waals surface area contributed by atoms with Crippen molar-refractivity contribution in [2.75, 3.05) is 7.11 Å². The third-order valence-electron chi connectivity index (χ3n) is 3.08. The lowest BCUT2D eigenvalue weighted by molar-refractivity contribution is 0.418. The summed E-state index contributed by atoms with van der Waals surface area (Å²) in [6.07, 6.45) is 0. The molecule has 1 aromatic carbocycles. The Bertz CT molecular complexity index is 642. The summed E-state index contributed by atoms with van der Waals surface area (Å²) in [5.41, 5.74) is 7.94. The minimum atomic E-state index is -0.112.